The zero-order valence-corrected chi connectivity index (χ0v) is 13.5. The highest BCUT2D eigenvalue weighted by Gasteiger charge is 2.03. The predicted molar refractivity (Wildman–Crippen MR) is 86.7 cm³/mol. The number of nitrogens with one attached hydrogen (secondary N) is 1. The number of carbonyl (C=O) groups excluding carboxylic acids is 1. The number of rotatable bonds is 10. The summed E-state index contributed by atoms with van der Waals surface area (Å²) in [5.41, 5.74) is 1.18. The second-order valence-corrected chi connectivity index (χ2v) is 5.15. The molecule has 4 heteroatoms. The molecule has 0 heterocycles. The van der Waals surface area contributed by atoms with E-state index in [1.807, 2.05) is 31.2 Å². The molecular weight excluding hydrogens is 264 g/mol. The Morgan fingerprint density at radius 1 is 1.29 bits per heavy atom. The third-order valence-corrected chi connectivity index (χ3v) is 3.45. The molecule has 4 nitrogen and oxygen atoms in total. The Kier molecular flexibility index (Phi) is 8.51. The Balaban J connectivity index is 2.08. The Morgan fingerprint density at radius 2 is 2.05 bits per heavy atom. The second kappa shape index (κ2) is 10.2. The summed E-state index contributed by atoms with van der Waals surface area (Å²) in [6.45, 7) is 10.6. The number of hydrogen-bond donors (Lipinski definition) is 1. The molecule has 0 aliphatic rings. The summed E-state index contributed by atoms with van der Waals surface area (Å²) < 4.78 is 5.63. The summed E-state index contributed by atoms with van der Waals surface area (Å²) in [5.74, 6) is 0.979. The highest BCUT2D eigenvalue weighted by molar-refractivity contribution is 5.75. The molecular formula is C17H28N2O2. The van der Waals surface area contributed by atoms with Crippen LogP contribution in [-0.2, 0) is 4.79 Å². The number of carbonyl (C=O) groups is 1. The fourth-order valence-corrected chi connectivity index (χ4v) is 2.11. The summed E-state index contributed by atoms with van der Waals surface area (Å²) >= 11 is 0. The molecule has 1 aromatic carbocycles. The maximum absolute atomic E-state index is 11.7. The molecule has 1 N–H and O–H groups in total. The third-order valence-electron chi connectivity index (χ3n) is 3.45. The zero-order chi connectivity index (χ0) is 15.5. The van der Waals surface area contributed by atoms with E-state index >= 15 is 0 Å². The topological polar surface area (TPSA) is 41.6 Å². The smallest absolute Gasteiger partial charge is 0.220 e. The van der Waals surface area contributed by atoms with Gasteiger partial charge in [0.05, 0.1) is 6.61 Å². The molecule has 0 unspecified atom stereocenters. The predicted octanol–water partition coefficient (Wildman–Crippen LogP) is 2.61. The van der Waals surface area contributed by atoms with Crippen molar-refractivity contribution in [1.29, 1.82) is 0 Å². The van der Waals surface area contributed by atoms with Crippen LogP contribution in [0.1, 0.15) is 32.3 Å². The molecule has 0 saturated carbocycles. The average molecular weight is 292 g/mol. The van der Waals surface area contributed by atoms with Gasteiger partial charge in [-0.3, -0.25) is 4.79 Å². The summed E-state index contributed by atoms with van der Waals surface area (Å²) in [4.78, 5) is 14.0. The molecule has 0 spiro atoms. The zero-order valence-electron chi connectivity index (χ0n) is 13.5. The van der Waals surface area contributed by atoms with Crippen molar-refractivity contribution in [2.24, 2.45) is 0 Å². The van der Waals surface area contributed by atoms with E-state index in [1.165, 1.54) is 5.56 Å². The summed E-state index contributed by atoms with van der Waals surface area (Å²) in [6.07, 6.45) is 1.26. The monoisotopic (exact) mass is 292 g/mol. The van der Waals surface area contributed by atoms with Gasteiger partial charge in [-0.2, -0.15) is 0 Å². The minimum atomic E-state index is 0.106. The quantitative estimate of drug-likeness (QED) is 0.674. The highest BCUT2D eigenvalue weighted by atomic mass is 16.5. The van der Waals surface area contributed by atoms with Gasteiger partial charge in [0.25, 0.3) is 0 Å². The molecule has 0 aromatic heterocycles. The Hall–Kier alpha value is -1.55. The van der Waals surface area contributed by atoms with E-state index in [9.17, 15) is 4.79 Å². The van der Waals surface area contributed by atoms with Crippen LogP contribution >= 0.6 is 0 Å². The van der Waals surface area contributed by atoms with Gasteiger partial charge in [0, 0.05) is 19.5 Å². The second-order valence-electron chi connectivity index (χ2n) is 5.15. The van der Waals surface area contributed by atoms with Crippen molar-refractivity contribution in [3.63, 3.8) is 0 Å². The van der Waals surface area contributed by atoms with Gasteiger partial charge < -0.3 is 15.0 Å². The van der Waals surface area contributed by atoms with Gasteiger partial charge >= 0.3 is 0 Å². The van der Waals surface area contributed by atoms with E-state index in [0.717, 1.165) is 38.3 Å². The molecule has 0 bridgehead atoms. The number of amides is 1. The van der Waals surface area contributed by atoms with Crippen molar-refractivity contribution < 1.29 is 9.53 Å². The van der Waals surface area contributed by atoms with Crippen molar-refractivity contribution in [3.8, 4) is 5.75 Å². The molecule has 1 amide bonds. The molecule has 0 saturated heterocycles. The van der Waals surface area contributed by atoms with E-state index in [4.69, 9.17) is 4.74 Å². The fraction of sp³-hybridized carbons (Fsp3) is 0.588. The van der Waals surface area contributed by atoms with Gasteiger partial charge in [0.1, 0.15) is 5.75 Å². The molecule has 118 valence electrons. The van der Waals surface area contributed by atoms with Crippen molar-refractivity contribution >= 4 is 5.91 Å². The SMILES string of the molecule is CCN(CC)CCNC(=O)CCCOc1cccc(C)c1. The van der Waals surface area contributed by atoms with Gasteiger partial charge in [-0.15, -0.1) is 0 Å². The number of hydrogen-bond acceptors (Lipinski definition) is 3. The number of ether oxygens (including phenoxy) is 1. The largest absolute Gasteiger partial charge is 0.494 e. The van der Waals surface area contributed by atoms with Crippen LogP contribution in [0.4, 0.5) is 0 Å². The van der Waals surface area contributed by atoms with Crippen LogP contribution in [0.25, 0.3) is 0 Å². The summed E-state index contributed by atoms with van der Waals surface area (Å²) in [5, 5.41) is 2.95. The van der Waals surface area contributed by atoms with Gasteiger partial charge in [-0.1, -0.05) is 26.0 Å². The Morgan fingerprint density at radius 3 is 2.71 bits per heavy atom. The van der Waals surface area contributed by atoms with Crippen LogP contribution in [-0.4, -0.2) is 43.6 Å². The van der Waals surface area contributed by atoms with Crippen LogP contribution in [0.3, 0.4) is 0 Å². The molecule has 0 radical (unpaired) electrons. The van der Waals surface area contributed by atoms with Crippen LogP contribution in [0.15, 0.2) is 24.3 Å². The lowest BCUT2D eigenvalue weighted by Crippen LogP contribution is -2.34. The van der Waals surface area contributed by atoms with Crippen molar-refractivity contribution in [3.05, 3.63) is 29.8 Å². The van der Waals surface area contributed by atoms with Crippen LogP contribution in [0.5, 0.6) is 5.75 Å². The number of likely N-dealkylation sites (N-methyl/N-ethyl adjacent to an activating group) is 1. The Bertz CT molecular complexity index is 417. The third kappa shape index (κ3) is 7.71. The summed E-state index contributed by atoms with van der Waals surface area (Å²) in [6, 6.07) is 7.96. The first-order valence-corrected chi connectivity index (χ1v) is 7.84. The lowest BCUT2D eigenvalue weighted by atomic mass is 10.2. The molecule has 0 fully saturated rings. The average Bonchev–Trinajstić information content (AvgIpc) is 2.48. The molecule has 1 rings (SSSR count). The van der Waals surface area contributed by atoms with Gasteiger partial charge in [-0.05, 0) is 44.1 Å². The van der Waals surface area contributed by atoms with Crippen molar-refractivity contribution in [2.45, 2.75) is 33.6 Å². The van der Waals surface area contributed by atoms with Crippen LogP contribution in [0.2, 0.25) is 0 Å². The standard InChI is InChI=1S/C17H28N2O2/c1-4-19(5-2)12-11-18-17(20)10-7-13-21-16-9-6-8-15(3)14-16/h6,8-9,14H,4-5,7,10-13H2,1-3H3,(H,18,20). The van der Waals surface area contributed by atoms with E-state index in [0.29, 0.717) is 13.0 Å². The van der Waals surface area contributed by atoms with Crippen LogP contribution < -0.4 is 10.1 Å². The van der Waals surface area contributed by atoms with Gasteiger partial charge in [0.15, 0.2) is 0 Å². The first kappa shape index (κ1) is 17.5. The first-order chi connectivity index (χ1) is 10.2. The van der Waals surface area contributed by atoms with E-state index in [-0.39, 0.29) is 5.91 Å². The first-order valence-electron chi connectivity index (χ1n) is 7.84. The number of nitrogens with zero attached hydrogens (tertiary/aromatic N) is 1. The number of benzene rings is 1. The normalized spacial score (nSPS) is 10.7. The minimum Gasteiger partial charge on any atom is -0.494 e. The molecule has 21 heavy (non-hydrogen) atoms. The molecule has 0 aliphatic heterocycles. The lowest BCUT2D eigenvalue weighted by Gasteiger charge is -2.17. The van der Waals surface area contributed by atoms with Gasteiger partial charge in [-0.25, -0.2) is 0 Å². The van der Waals surface area contributed by atoms with E-state index in [1.54, 1.807) is 0 Å². The summed E-state index contributed by atoms with van der Waals surface area (Å²) in [7, 11) is 0. The minimum absolute atomic E-state index is 0.106. The highest BCUT2D eigenvalue weighted by Crippen LogP contribution is 2.12. The Labute approximate surface area is 128 Å². The maximum atomic E-state index is 11.7. The fourth-order valence-electron chi connectivity index (χ4n) is 2.11. The molecule has 1 aromatic rings. The van der Waals surface area contributed by atoms with Gasteiger partial charge in [0.2, 0.25) is 5.91 Å². The van der Waals surface area contributed by atoms with Crippen LogP contribution in [0, 0.1) is 6.92 Å². The van der Waals surface area contributed by atoms with E-state index < -0.39 is 0 Å². The van der Waals surface area contributed by atoms with Crippen molar-refractivity contribution in [2.75, 3.05) is 32.8 Å². The molecule has 0 aliphatic carbocycles. The molecule has 0 atom stereocenters. The lowest BCUT2D eigenvalue weighted by molar-refractivity contribution is -0.121. The van der Waals surface area contributed by atoms with E-state index in [2.05, 4.69) is 24.1 Å². The van der Waals surface area contributed by atoms with Crippen molar-refractivity contribution in [1.82, 2.24) is 10.2 Å². The number of aryl methyl sites for hydroxylation is 1. The maximum Gasteiger partial charge on any atom is 0.220 e.